The van der Waals surface area contributed by atoms with Crippen molar-refractivity contribution in [3.8, 4) is 0 Å². The number of nitrogens with zero attached hydrogens (tertiary/aromatic N) is 1. The van der Waals surface area contributed by atoms with E-state index < -0.39 is 0 Å². The summed E-state index contributed by atoms with van der Waals surface area (Å²) in [5.41, 5.74) is 1.25. The number of halogens is 3. The van der Waals surface area contributed by atoms with Crippen LogP contribution in [0.1, 0.15) is 22.8 Å². The summed E-state index contributed by atoms with van der Waals surface area (Å²) in [6.07, 6.45) is 0. The van der Waals surface area contributed by atoms with Crippen molar-refractivity contribution in [3.05, 3.63) is 68.9 Å². The van der Waals surface area contributed by atoms with Gasteiger partial charge in [0.05, 0.1) is 5.56 Å². The van der Waals surface area contributed by atoms with E-state index in [1.54, 1.807) is 35.2 Å². The topological polar surface area (TPSA) is 20.3 Å². The molecule has 1 amide bonds. The van der Waals surface area contributed by atoms with Crippen molar-refractivity contribution in [2.75, 3.05) is 6.54 Å². The highest BCUT2D eigenvalue weighted by molar-refractivity contribution is 9.10. The van der Waals surface area contributed by atoms with Gasteiger partial charge in [-0.15, -0.1) is 0 Å². The molecule has 0 N–H and O–H groups in total. The fraction of sp³-hybridized carbons (Fsp3) is 0.188. The van der Waals surface area contributed by atoms with Gasteiger partial charge in [-0.1, -0.05) is 23.7 Å². The maximum absolute atomic E-state index is 13.2. The van der Waals surface area contributed by atoms with Crippen molar-refractivity contribution in [1.29, 1.82) is 0 Å². The molecule has 0 radical (unpaired) electrons. The molecule has 0 bridgehead atoms. The Balaban J connectivity index is 2.24. The van der Waals surface area contributed by atoms with Gasteiger partial charge in [-0.2, -0.15) is 0 Å². The van der Waals surface area contributed by atoms with Gasteiger partial charge in [0, 0.05) is 22.6 Å². The molecule has 0 fully saturated rings. The molecule has 0 spiro atoms. The Morgan fingerprint density at radius 2 is 2.05 bits per heavy atom. The minimum Gasteiger partial charge on any atom is -0.335 e. The molecule has 0 aliphatic rings. The molecule has 0 saturated heterocycles. The second-order valence-electron chi connectivity index (χ2n) is 4.57. The van der Waals surface area contributed by atoms with E-state index in [0.29, 0.717) is 28.1 Å². The SMILES string of the molecule is CCN(Cc1cccc(F)c1)C(=O)c1cc(Cl)ccc1Br. The highest BCUT2D eigenvalue weighted by Gasteiger charge is 2.17. The number of rotatable bonds is 4. The van der Waals surface area contributed by atoms with Crippen LogP contribution in [0.25, 0.3) is 0 Å². The molecule has 110 valence electrons. The second kappa shape index (κ2) is 7.05. The molecule has 2 aromatic rings. The number of hydrogen-bond donors (Lipinski definition) is 0. The quantitative estimate of drug-likeness (QED) is 0.749. The predicted octanol–water partition coefficient (Wildman–Crippen LogP) is 4.90. The summed E-state index contributed by atoms with van der Waals surface area (Å²) in [6.45, 7) is 2.76. The van der Waals surface area contributed by atoms with Crippen LogP contribution in [0.3, 0.4) is 0 Å². The summed E-state index contributed by atoms with van der Waals surface area (Å²) in [7, 11) is 0. The Labute approximate surface area is 136 Å². The predicted molar refractivity (Wildman–Crippen MR) is 86.0 cm³/mol. The van der Waals surface area contributed by atoms with Gasteiger partial charge < -0.3 is 4.90 Å². The van der Waals surface area contributed by atoms with E-state index in [-0.39, 0.29) is 11.7 Å². The van der Waals surface area contributed by atoms with Crippen LogP contribution in [-0.4, -0.2) is 17.4 Å². The molecule has 5 heteroatoms. The van der Waals surface area contributed by atoms with E-state index in [4.69, 9.17) is 11.6 Å². The van der Waals surface area contributed by atoms with Crippen molar-refractivity contribution in [2.45, 2.75) is 13.5 Å². The molecule has 2 nitrogen and oxygen atoms in total. The van der Waals surface area contributed by atoms with Crippen molar-refractivity contribution in [2.24, 2.45) is 0 Å². The Bertz CT molecular complexity index is 662. The molecular weight excluding hydrogens is 357 g/mol. The highest BCUT2D eigenvalue weighted by atomic mass is 79.9. The van der Waals surface area contributed by atoms with Crippen molar-refractivity contribution in [3.63, 3.8) is 0 Å². The molecule has 0 aromatic heterocycles. The van der Waals surface area contributed by atoms with Gasteiger partial charge in [-0.25, -0.2) is 4.39 Å². The van der Waals surface area contributed by atoms with Gasteiger partial charge in [0.15, 0.2) is 0 Å². The Hall–Kier alpha value is -1.39. The van der Waals surface area contributed by atoms with Crippen LogP contribution in [0.4, 0.5) is 4.39 Å². The lowest BCUT2D eigenvalue weighted by Gasteiger charge is -2.22. The molecule has 21 heavy (non-hydrogen) atoms. The average molecular weight is 371 g/mol. The normalized spacial score (nSPS) is 10.5. The van der Waals surface area contributed by atoms with E-state index >= 15 is 0 Å². The number of hydrogen-bond acceptors (Lipinski definition) is 1. The van der Waals surface area contributed by atoms with E-state index in [9.17, 15) is 9.18 Å². The van der Waals surface area contributed by atoms with Gasteiger partial charge in [0.25, 0.3) is 5.91 Å². The van der Waals surface area contributed by atoms with Crippen LogP contribution >= 0.6 is 27.5 Å². The van der Waals surface area contributed by atoms with E-state index in [2.05, 4.69) is 15.9 Å². The first-order valence-electron chi connectivity index (χ1n) is 6.50. The van der Waals surface area contributed by atoms with Gasteiger partial charge in [0.1, 0.15) is 5.82 Å². The van der Waals surface area contributed by atoms with Gasteiger partial charge in [0.2, 0.25) is 0 Å². The molecule has 0 heterocycles. The first kappa shape index (κ1) is 16.0. The number of carbonyl (C=O) groups excluding carboxylic acids is 1. The molecule has 0 unspecified atom stereocenters. The van der Waals surface area contributed by atoms with Crippen molar-refractivity contribution < 1.29 is 9.18 Å². The summed E-state index contributed by atoms with van der Waals surface area (Å²) in [4.78, 5) is 14.2. The van der Waals surface area contributed by atoms with Crippen LogP contribution in [0.5, 0.6) is 0 Å². The average Bonchev–Trinajstić information content (AvgIpc) is 2.46. The van der Waals surface area contributed by atoms with E-state index in [1.807, 2.05) is 6.92 Å². The van der Waals surface area contributed by atoms with Crippen molar-refractivity contribution >= 4 is 33.4 Å². The van der Waals surface area contributed by atoms with Crippen LogP contribution in [0.15, 0.2) is 46.9 Å². The zero-order valence-electron chi connectivity index (χ0n) is 11.4. The third kappa shape index (κ3) is 4.05. The Kier molecular flexibility index (Phi) is 5.37. The first-order valence-corrected chi connectivity index (χ1v) is 7.67. The molecular formula is C16H14BrClFNO. The summed E-state index contributed by atoms with van der Waals surface area (Å²) < 4.78 is 13.9. The Morgan fingerprint density at radius 3 is 2.71 bits per heavy atom. The zero-order chi connectivity index (χ0) is 15.4. The third-order valence-electron chi connectivity index (χ3n) is 3.09. The summed E-state index contributed by atoms with van der Waals surface area (Å²) in [6, 6.07) is 11.3. The third-order valence-corrected chi connectivity index (χ3v) is 4.02. The van der Waals surface area contributed by atoms with Crippen LogP contribution in [0.2, 0.25) is 5.02 Å². The minimum absolute atomic E-state index is 0.142. The van der Waals surface area contributed by atoms with Crippen molar-refractivity contribution in [1.82, 2.24) is 4.90 Å². The summed E-state index contributed by atoms with van der Waals surface area (Å²) >= 11 is 9.31. The lowest BCUT2D eigenvalue weighted by atomic mass is 10.1. The standard InChI is InChI=1S/C16H14BrClFNO/c1-2-20(10-11-4-3-5-13(19)8-11)16(21)14-9-12(18)6-7-15(14)17/h3-9H,2,10H2,1H3. The van der Waals surface area contributed by atoms with E-state index in [0.717, 1.165) is 5.56 Å². The molecule has 0 atom stereocenters. The second-order valence-corrected chi connectivity index (χ2v) is 5.86. The maximum Gasteiger partial charge on any atom is 0.255 e. The summed E-state index contributed by atoms with van der Waals surface area (Å²) in [5, 5.41) is 0.503. The monoisotopic (exact) mass is 369 g/mol. The molecule has 0 aliphatic heterocycles. The molecule has 2 rings (SSSR count). The Morgan fingerprint density at radius 1 is 1.29 bits per heavy atom. The van der Waals surface area contributed by atoms with Crippen LogP contribution in [-0.2, 0) is 6.54 Å². The van der Waals surface area contributed by atoms with Gasteiger partial charge >= 0.3 is 0 Å². The largest absolute Gasteiger partial charge is 0.335 e. The number of amides is 1. The number of benzene rings is 2. The first-order chi connectivity index (χ1) is 10.0. The fourth-order valence-electron chi connectivity index (χ4n) is 2.01. The van der Waals surface area contributed by atoms with E-state index in [1.165, 1.54) is 12.1 Å². The smallest absolute Gasteiger partial charge is 0.255 e. The lowest BCUT2D eigenvalue weighted by Crippen LogP contribution is -2.30. The minimum atomic E-state index is -0.306. The molecule has 0 aliphatic carbocycles. The zero-order valence-corrected chi connectivity index (χ0v) is 13.8. The van der Waals surface area contributed by atoms with Gasteiger partial charge in [-0.3, -0.25) is 4.79 Å². The summed E-state index contributed by atoms with van der Waals surface area (Å²) in [5.74, 6) is -0.448. The fourth-order valence-corrected chi connectivity index (χ4v) is 2.60. The van der Waals surface area contributed by atoms with Gasteiger partial charge in [-0.05, 0) is 58.7 Å². The molecule has 2 aromatic carbocycles. The molecule has 0 saturated carbocycles. The van der Waals surface area contributed by atoms with Crippen LogP contribution < -0.4 is 0 Å². The lowest BCUT2D eigenvalue weighted by molar-refractivity contribution is 0.0751. The number of carbonyl (C=O) groups is 1. The highest BCUT2D eigenvalue weighted by Crippen LogP contribution is 2.23. The maximum atomic E-state index is 13.2. The van der Waals surface area contributed by atoms with Crippen LogP contribution in [0, 0.1) is 5.82 Å².